The van der Waals surface area contributed by atoms with Gasteiger partial charge in [0.1, 0.15) is 0 Å². The van der Waals surface area contributed by atoms with Crippen molar-refractivity contribution in [2.75, 3.05) is 0 Å². The van der Waals surface area contributed by atoms with Crippen molar-refractivity contribution in [2.45, 2.75) is 64.1 Å². The maximum Gasteiger partial charge on any atom is 0.0138 e. The fourth-order valence-electron chi connectivity index (χ4n) is 3.19. The molecule has 2 aliphatic heterocycles. The minimum Gasteiger partial charge on any atom is -0.294 e. The molecule has 2 saturated heterocycles. The molecule has 0 aliphatic carbocycles. The Balaban J connectivity index is 2.14. The zero-order chi connectivity index (χ0) is 9.42. The van der Waals surface area contributed by atoms with Crippen LogP contribution < -0.4 is 0 Å². The second-order valence-corrected chi connectivity index (χ2v) is 4.94. The predicted molar refractivity (Wildman–Crippen MR) is 56.8 cm³/mol. The van der Waals surface area contributed by atoms with E-state index in [1.54, 1.807) is 0 Å². The summed E-state index contributed by atoms with van der Waals surface area (Å²) in [4.78, 5) is 2.73. The van der Waals surface area contributed by atoms with Gasteiger partial charge in [0.15, 0.2) is 0 Å². The summed E-state index contributed by atoms with van der Waals surface area (Å²) in [6, 6.07) is 2.36. The molecule has 0 radical (unpaired) electrons. The summed E-state index contributed by atoms with van der Waals surface area (Å²) < 4.78 is 0. The van der Waals surface area contributed by atoms with Gasteiger partial charge < -0.3 is 0 Å². The van der Waals surface area contributed by atoms with Crippen molar-refractivity contribution in [1.82, 2.24) is 4.90 Å². The molecule has 2 heterocycles. The number of piperidine rings is 2. The Hall–Kier alpha value is -0.300. The van der Waals surface area contributed by atoms with Crippen molar-refractivity contribution >= 4 is 0 Å². The average molecular weight is 179 g/mol. The lowest BCUT2D eigenvalue weighted by Gasteiger charge is -2.49. The van der Waals surface area contributed by atoms with Gasteiger partial charge in [-0.25, -0.2) is 0 Å². The molecule has 2 bridgehead atoms. The van der Waals surface area contributed by atoms with Crippen LogP contribution in [0.2, 0.25) is 0 Å². The van der Waals surface area contributed by atoms with Crippen LogP contribution in [0, 0.1) is 0 Å². The highest BCUT2D eigenvalue weighted by atomic mass is 15.2. The predicted octanol–water partition coefficient (Wildman–Crippen LogP) is 2.97. The molecule has 0 N–H and O–H groups in total. The molecule has 0 aromatic heterocycles. The Bertz CT molecular complexity index is 191. The van der Waals surface area contributed by atoms with Gasteiger partial charge in [-0.15, -0.1) is 0 Å². The summed E-state index contributed by atoms with van der Waals surface area (Å²) in [6.45, 7) is 8.83. The van der Waals surface area contributed by atoms with E-state index in [0.29, 0.717) is 0 Å². The van der Waals surface area contributed by atoms with Crippen LogP contribution in [-0.4, -0.2) is 23.0 Å². The first-order chi connectivity index (χ1) is 6.18. The van der Waals surface area contributed by atoms with Crippen LogP contribution in [0.5, 0.6) is 0 Å². The van der Waals surface area contributed by atoms with E-state index in [9.17, 15) is 0 Å². The summed E-state index contributed by atoms with van der Waals surface area (Å²) in [5, 5.41) is 0. The molecule has 13 heavy (non-hydrogen) atoms. The molecule has 0 saturated carbocycles. The normalized spacial score (nSPS) is 35.5. The fraction of sp³-hybridized carbons (Fsp3) is 0.833. The van der Waals surface area contributed by atoms with Crippen LogP contribution in [0.3, 0.4) is 0 Å². The molecule has 2 fully saturated rings. The molecule has 0 aromatic rings. The topological polar surface area (TPSA) is 3.24 Å². The van der Waals surface area contributed by atoms with E-state index < -0.39 is 0 Å². The second kappa shape index (κ2) is 3.45. The quantitative estimate of drug-likeness (QED) is 0.559. The van der Waals surface area contributed by atoms with Crippen molar-refractivity contribution in [3.63, 3.8) is 0 Å². The van der Waals surface area contributed by atoms with Crippen molar-refractivity contribution < 1.29 is 0 Å². The molecular weight excluding hydrogens is 158 g/mol. The van der Waals surface area contributed by atoms with Crippen molar-refractivity contribution in [3.05, 3.63) is 12.2 Å². The van der Waals surface area contributed by atoms with Crippen LogP contribution in [-0.2, 0) is 0 Å². The zero-order valence-electron chi connectivity index (χ0n) is 8.92. The van der Waals surface area contributed by atoms with Crippen molar-refractivity contribution in [1.29, 1.82) is 0 Å². The van der Waals surface area contributed by atoms with Crippen LogP contribution in [0.4, 0.5) is 0 Å². The van der Waals surface area contributed by atoms with E-state index in [1.807, 2.05) is 0 Å². The van der Waals surface area contributed by atoms with Crippen LogP contribution in [0.1, 0.15) is 46.0 Å². The van der Waals surface area contributed by atoms with Gasteiger partial charge in [0.2, 0.25) is 0 Å². The number of rotatable bonds is 1. The van der Waals surface area contributed by atoms with Gasteiger partial charge in [-0.05, 0) is 39.5 Å². The van der Waals surface area contributed by atoms with Gasteiger partial charge in [-0.2, -0.15) is 0 Å². The fourth-order valence-corrected chi connectivity index (χ4v) is 3.19. The summed E-state index contributed by atoms with van der Waals surface area (Å²) in [5.41, 5.74) is 1.49. The van der Waals surface area contributed by atoms with Crippen LogP contribution >= 0.6 is 0 Å². The van der Waals surface area contributed by atoms with Crippen molar-refractivity contribution in [3.8, 4) is 0 Å². The van der Waals surface area contributed by atoms with Crippen LogP contribution in [0.15, 0.2) is 12.2 Å². The Morgan fingerprint density at radius 2 is 1.77 bits per heavy atom. The molecule has 1 nitrogen and oxygen atoms in total. The van der Waals surface area contributed by atoms with E-state index in [4.69, 9.17) is 0 Å². The average Bonchev–Trinajstić information content (AvgIpc) is 2.01. The monoisotopic (exact) mass is 179 g/mol. The lowest BCUT2D eigenvalue weighted by molar-refractivity contribution is 0.0328. The standard InChI is InChI=1S/C12H21N/c1-9(2)13-11-5-4-6-12(13)8-10(3)7-11/h9,11-12H,3-8H2,1-2H3. The second-order valence-electron chi connectivity index (χ2n) is 4.94. The summed E-state index contributed by atoms with van der Waals surface area (Å²) in [6.07, 6.45) is 6.75. The molecule has 0 aromatic carbocycles. The molecule has 2 rings (SSSR count). The Labute approximate surface area is 81.8 Å². The van der Waals surface area contributed by atoms with Gasteiger partial charge in [-0.1, -0.05) is 18.6 Å². The largest absolute Gasteiger partial charge is 0.294 e. The van der Waals surface area contributed by atoms with Gasteiger partial charge in [0.05, 0.1) is 0 Å². The van der Waals surface area contributed by atoms with E-state index >= 15 is 0 Å². The molecule has 2 atom stereocenters. The SMILES string of the molecule is C=C1CC2CCCC(C1)N2C(C)C. The van der Waals surface area contributed by atoms with Crippen molar-refractivity contribution in [2.24, 2.45) is 0 Å². The highest BCUT2D eigenvalue weighted by Gasteiger charge is 2.36. The van der Waals surface area contributed by atoms with E-state index in [1.165, 1.54) is 37.7 Å². The highest BCUT2D eigenvalue weighted by Crippen LogP contribution is 2.36. The lowest BCUT2D eigenvalue weighted by atomic mass is 9.81. The first kappa shape index (κ1) is 9.26. The Morgan fingerprint density at radius 1 is 1.23 bits per heavy atom. The number of fused-ring (bicyclic) bond motifs is 2. The van der Waals surface area contributed by atoms with Gasteiger partial charge in [0, 0.05) is 18.1 Å². The molecule has 0 amide bonds. The maximum atomic E-state index is 4.16. The molecule has 2 aliphatic rings. The third-order valence-corrected chi connectivity index (χ3v) is 3.56. The molecule has 2 unspecified atom stereocenters. The minimum atomic E-state index is 0.725. The summed E-state index contributed by atoms with van der Waals surface area (Å²) >= 11 is 0. The van der Waals surface area contributed by atoms with Gasteiger partial charge >= 0.3 is 0 Å². The minimum absolute atomic E-state index is 0.725. The first-order valence-electron chi connectivity index (χ1n) is 5.62. The highest BCUT2D eigenvalue weighted by molar-refractivity contribution is 5.09. The van der Waals surface area contributed by atoms with Gasteiger partial charge in [-0.3, -0.25) is 4.90 Å². The van der Waals surface area contributed by atoms with E-state index in [2.05, 4.69) is 25.3 Å². The third-order valence-electron chi connectivity index (χ3n) is 3.56. The number of hydrogen-bond donors (Lipinski definition) is 0. The number of hydrogen-bond acceptors (Lipinski definition) is 1. The summed E-state index contributed by atoms with van der Waals surface area (Å²) in [5.74, 6) is 0. The molecule has 1 heteroatoms. The Morgan fingerprint density at radius 3 is 2.23 bits per heavy atom. The van der Waals surface area contributed by atoms with Gasteiger partial charge in [0.25, 0.3) is 0 Å². The summed E-state index contributed by atoms with van der Waals surface area (Å²) in [7, 11) is 0. The Kier molecular flexibility index (Phi) is 2.46. The smallest absolute Gasteiger partial charge is 0.0138 e. The third kappa shape index (κ3) is 1.67. The number of nitrogens with zero attached hydrogens (tertiary/aromatic N) is 1. The first-order valence-corrected chi connectivity index (χ1v) is 5.62. The van der Waals surface area contributed by atoms with E-state index in [-0.39, 0.29) is 0 Å². The lowest BCUT2D eigenvalue weighted by Crippen LogP contribution is -2.53. The molecule has 0 spiro atoms. The van der Waals surface area contributed by atoms with E-state index in [0.717, 1.165) is 18.1 Å². The van der Waals surface area contributed by atoms with Crippen LogP contribution in [0.25, 0.3) is 0 Å². The zero-order valence-corrected chi connectivity index (χ0v) is 8.92. The maximum absolute atomic E-state index is 4.16. The molecular formula is C12H21N. The molecule has 74 valence electrons.